The lowest BCUT2D eigenvalue weighted by atomic mass is 9.85. The summed E-state index contributed by atoms with van der Waals surface area (Å²) in [6, 6.07) is 0. The number of amides is 2. The Morgan fingerprint density at radius 1 is 1.25 bits per heavy atom. The quantitative estimate of drug-likeness (QED) is 0.691. The fourth-order valence-corrected chi connectivity index (χ4v) is 3.96. The molecule has 0 unspecified atom stereocenters. The summed E-state index contributed by atoms with van der Waals surface area (Å²) in [4.78, 5) is 38.9. The summed E-state index contributed by atoms with van der Waals surface area (Å²) in [5.41, 5.74) is -4.40. The Labute approximate surface area is 162 Å². The van der Waals surface area contributed by atoms with Crippen molar-refractivity contribution in [3.05, 3.63) is 11.3 Å². The van der Waals surface area contributed by atoms with E-state index in [0.717, 1.165) is 31.3 Å². The van der Waals surface area contributed by atoms with Crippen molar-refractivity contribution in [2.45, 2.75) is 70.5 Å². The molecular weight excluding hydrogens is 377 g/mol. The molecule has 2 amide bonds. The van der Waals surface area contributed by atoms with Gasteiger partial charge in [-0.1, -0.05) is 32.6 Å². The van der Waals surface area contributed by atoms with Gasteiger partial charge in [0.15, 0.2) is 0 Å². The third kappa shape index (κ3) is 3.75. The van der Waals surface area contributed by atoms with Crippen LogP contribution < -0.4 is 5.32 Å². The number of rotatable bonds is 6. The molecule has 1 aliphatic carbocycles. The number of nitrogens with zero attached hydrogens (tertiary/aromatic N) is 1. The van der Waals surface area contributed by atoms with Gasteiger partial charge in [0.25, 0.3) is 5.91 Å². The largest absolute Gasteiger partial charge is 0.466 e. The lowest BCUT2D eigenvalue weighted by molar-refractivity contribution is -0.196. The predicted octanol–water partition coefficient (Wildman–Crippen LogP) is 3.07. The van der Waals surface area contributed by atoms with Crippen molar-refractivity contribution in [2.75, 3.05) is 13.7 Å². The van der Waals surface area contributed by atoms with Crippen molar-refractivity contribution in [3.8, 4) is 0 Å². The molecule has 1 atom stereocenters. The number of nitrogens with one attached hydrogen (secondary N) is 1. The maximum Gasteiger partial charge on any atom is 0.425 e. The standard InChI is InChI=1S/C19H27F3N2O4/c1-4-5-11-24-12(2)14(16(26)28-3)18(17(24)27,19(20,21)22)23-15(25)13-9-7-6-8-10-13/h13H,4-11H2,1-3H3,(H,23,25)/t18-/m0/s1. The minimum atomic E-state index is -5.19. The van der Waals surface area contributed by atoms with Crippen LogP contribution in [0.1, 0.15) is 58.8 Å². The highest BCUT2D eigenvalue weighted by molar-refractivity contribution is 6.10. The molecule has 0 saturated heterocycles. The number of methoxy groups -OCH3 is 1. The molecule has 9 heteroatoms. The molecule has 0 aromatic heterocycles. The number of allylic oxidation sites excluding steroid dienone is 1. The zero-order chi connectivity index (χ0) is 21.1. The van der Waals surface area contributed by atoms with E-state index in [1.54, 1.807) is 0 Å². The lowest BCUT2D eigenvalue weighted by Crippen LogP contribution is -2.67. The van der Waals surface area contributed by atoms with Crippen LogP contribution >= 0.6 is 0 Å². The van der Waals surface area contributed by atoms with Gasteiger partial charge in [-0.15, -0.1) is 0 Å². The minimum absolute atomic E-state index is 0.0266. The number of unbranched alkanes of at least 4 members (excludes halogenated alkanes) is 1. The first kappa shape index (κ1) is 22.2. The molecule has 2 aliphatic rings. The third-order valence-corrected chi connectivity index (χ3v) is 5.54. The van der Waals surface area contributed by atoms with Crippen molar-refractivity contribution in [1.29, 1.82) is 0 Å². The van der Waals surface area contributed by atoms with Gasteiger partial charge < -0.3 is 15.0 Å². The van der Waals surface area contributed by atoms with E-state index >= 15 is 0 Å². The van der Waals surface area contributed by atoms with E-state index in [-0.39, 0.29) is 12.2 Å². The number of carbonyl (C=O) groups is 3. The highest BCUT2D eigenvalue weighted by Crippen LogP contribution is 2.45. The molecule has 1 saturated carbocycles. The van der Waals surface area contributed by atoms with E-state index in [4.69, 9.17) is 0 Å². The van der Waals surface area contributed by atoms with Crippen molar-refractivity contribution >= 4 is 17.8 Å². The molecule has 6 nitrogen and oxygen atoms in total. The second-order valence-electron chi connectivity index (χ2n) is 7.33. The summed E-state index contributed by atoms with van der Waals surface area (Å²) in [7, 11) is 0.950. The van der Waals surface area contributed by atoms with Crippen LogP contribution in [0.4, 0.5) is 13.2 Å². The Morgan fingerprint density at radius 3 is 2.36 bits per heavy atom. The van der Waals surface area contributed by atoms with Gasteiger partial charge in [0, 0.05) is 18.2 Å². The van der Waals surface area contributed by atoms with Gasteiger partial charge >= 0.3 is 12.1 Å². The van der Waals surface area contributed by atoms with Crippen LogP contribution in [0, 0.1) is 5.92 Å². The van der Waals surface area contributed by atoms with Crippen LogP contribution in [0.15, 0.2) is 11.3 Å². The number of halogens is 3. The van der Waals surface area contributed by atoms with Crippen molar-refractivity contribution in [2.24, 2.45) is 5.92 Å². The predicted molar refractivity (Wildman–Crippen MR) is 94.8 cm³/mol. The molecule has 0 radical (unpaired) electrons. The average Bonchev–Trinajstić information content (AvgIpc) is 2.87. The first-order chi connectivity index (χ1) is 13.1. The SMILES string of the molecule is CCCCN1C(=O)[C@](NC(=O)C2CCCCC2)(C(F)(F)F)C(C(=O)OC)=C1C. The topological polar surface area (TPSA) is 75.7 Å². The minimum Gasteiger partial charge on any atom is -0.466 e. The average molecular weight is 404 g/mol. The Kier molecular flexibility index (Phi) is 6.77. The van der Waals surface area contributed by atoms with Gasteiger partial charge in [-0.2, -0.15) is 13.2 Å². The molecule has 28 heavy (non-hydrogen) atoms. The smallest absolute Gasteiger partial charge is 0.425 e. The molecule has 0 bridgehead atoms. The van der Waals surface area contributed by atoms with Crippen molar-refractivity contribution < 1.29 is 32.3 Å². The number of esters is 1. The molecule has 1 aliphatic heterocycles. The van der Waals surface area contributed by atoms with E-state index < -0.39 is 41.0 Å². The summed E-state index contributed by atoms with van der Waals surface area (Å²) >= 11 is 0. The Morgan fingerprint density at radius 2 is 1.86 bits per heavy atom. The number of carbonyl (C=O) groups excluding carboxylic acids is 3. The highest BCUT2D eigenvalue weighted by Gasteiger charge is 2.71. The van der Waals surface area contributed by atoms with Crippen LogP contribution in [-0.4, -0.2) is 48.1 Å². The lowest BCUT2D eigenvalue weighted by Gasteiger charge is -2.34. The monoisotopic (exact) mass is 404 g/mol. The number of hydrogen-bond acceptors (Lipinski definition) is 4. The van der Waals surface area contributed by atoms with Gasteiger partial charge in [0.2, 0.25) is 11.4 Å². The van der Waals surface area contributed by atoms with E-state index in [1.807, 2.05) is 12.2 Å². The normalized spacial score (nSPS) is 23.9. The van der Waals surface area contributed by atoms with E-state index in [9.17, 15) is 27.6 Å². The molecule has 1 heterocycles. The summed E-state index contributed by atoms with van der Waals surface area (Å²) in [5.74, 6) is -4.08. The molecule has 0 aromatic carbocycles. The van der Waals surface area contributed by atoms with Crippen molar-refractivity contribution in [3.63, 3.8) is 0 Å². The fourth-order valence-electron chi connectivity index (χ4n) is 3.96. The maximum atomic E-state index is 14.3. The van der Waals surface area contributed by atoms with Crippen LogP contribution in [-0.2, 0) is 19.1 Å². The summed E-state index contributed by atoms with van der Waals surface area (Å²) in [6.07, 6.45) is -0.753. The molecular formula is C19H27F3N2O4. The summed E-state index contributed by atoms with van der Waals surface area (Å²) < 4.78 is 47.5. The van der Waals surface area contributed by atoms with Crippen LogP contribution in [0.5, 0.6) is 0 Å². The molecule has 1 fully saturated rings. The molecule has 0 aromatic rings. The zero-order valence-electron chi connectivity index (χ0n) is 16.4. The summed E-state index contributed by atoms with van der Waals surface area (Å²) in [6.45, 7) is 3.14. The first-order valence-corrected chi connectivity index (χ1v) is 9.62. The maximum absolute atomic E-state index is 14.3. The van der Waals surface area contributed by atoms with Gasteiger partial charge in [0.1, 0.15) is 5.57 Å². The Balaban J connectivity index is 2.53. The van der Waals surface area contributed by atoms with Gasteiger partial charge in [-0.3, -0.25) is 9.59 Å². The summed E-state index contributed by atoms with van der Waals surface area (Å²) in [5, 5.41) is 1.94. The second-order valence-corrected chi connectivity index (χ2v) is 7.33. The Hall–Kier alpha value is -2.06. The number of alkyl halides is 3. The van der Waals surface area contributed by atoms with Gasteiger partial charge in [0.05, 0.1) is 7.11 Å². The second kappa shape index (κ2) is 8.53. The van der Waals surface area contributed by atoms with Crippen LogP contribution in [0.3, 0.4) is 0 Å². The Bertz CT molecular complexity index is 669. The molecule has 2 rings (SSSR count). The van der Waals surface area contributed by atoms with E-state index in [2.05, 4.69) is 4.74 Å². The zero-order valence-corrected chi connectivity index (χ0v) is 16.4. The fraction of sp³-hybridized carbons (Fsp3) is 0.737. The first-order valence-electron chi connectivity index (χ1n) is 9.62. The van der Waals surface area contributed by atoms with E-state index in [0.29, 0.717) is 25.7 Å². The third-order valence-electron chi connectivity index (χ3n) is 5.54. The van der Waals surface area contributed by atoms with Gasteiger partial charge in [-0.25, -0.2) is 4.79 Å². The van der Waals surface area contributed by atoms with Crippen LogP contribution in [0.2, 0.25) is 0 Å². The molecule has 158 valence electrons. The van der Waals surface area contributed by atoms with Crippen LogP contribution in [0.25, 0.3) is 0 Å². The molecule has 1 N–H and O–H groups in total. The van der Waals surface area contributed by atoms with E-state index in [1.165, 1.54) is 6.92 Å². The van der Waals surface area contributed by atoms with Gasteiger partial charge in [-0.05, 0) is 26.2 Å². The van der Waals surface area contributed by atoms with Crippen molar-refractivity contribution in [1.82, 2.24) is 10.2 Å². The number of hydrogen-bond donors (Lipinski definition) is 1. The number of ether oxygens (including phenoxy) is 1. The highest BCUT2D eigenvalue weighted by atomic mass is 19.4. The molecule has 0 spiro atoms.